The fourth-order valence-corrected chi connectivity index (χ4v) is 3.91. The van der Waals surface area contributed by atoms with E-state index in [9.17, 15) is 13.2 Å². The maximum Gasteiger partial charge on any atom is 0.322 e. The largest absolute Gasteiger partial charge is 0.380 e. The lowest BCUT2D eigenvalue weighted by Gasteiger charge is -2.24. The number of likely N-dealkylation sites (tertiary alicyclic amines) is 1. The standard InChI is InChI=1S/C17H23N5O4S/c1-10-5-13(27(4,24)25)7-14(11(10)2)20-17(23)22-8-12(26-3)6-15(22)16-18-9-19-21-16/h5,7,9,12,15H,6,8H2,1-4H3,(H,20,23)(H,18,19,21)/t12-,15+/m1/s1. The van der Waals surface area contributed by atoms with E-state index in [1.54, 1.807) is 18.1 Å². The van der Waals surface area contributed by atoms with Crippen LogP contribution in [0.15, 0.2) is 23.4 Å². The minimum absolute atomic E-state index is 0.115. The van der Waals surface area contributed by atoms with Gasteiger partial charge in [0.2, 0.25) is 0 Å². The van der Waals surface area contributed by atoms with Gasteiger partial charge in [0.25, 0.3) is 0 Å². The Morgan fingerprint density at radius 1 is 1.37 bits per heavy atom. The fraction of sp³-hybridized carbons (Fsp3) is 0.471. The van der Waals surface area contributed by atoms with E-state index in [0.717, 1.165) is 17.4 Å². The molecule has 146 valence electrons. The van der Waals surface area contributed by atoms with Crippen molar-refractivity contribution in [2.24, 2.45) is 0 Å². The van der Waals surface area contributed by atoms with Gasteiger partial charge in [0, 0.05) is 32.0 Å². The van der Waals surface area contributed by atoms with Gasteiger partial charge in [-0.25, -0.2) is 18.2 Å². The van der Waals surface area contributed by atoms with Crippen molar-refractivity contribution < 1.29 is 17.9 Å². The second-order valence-electron chi connectivity index (χ2n) is 6.75. The summed E-state index contributed by atoms with van der Waals surface area (Å²) in [6, 6.07) is 2.46. The molecule has 10 heteroatoms. The maximum absolute atomic E-state index is 13.0. The third kappa shape index (κ3) is 3.96. The van der Waals surface area contributed by atoms with Crippen LogP contribution in [-0.4, -0.2) is 60.5 Å². The van der Waals surface area contributed by atoms with Gasteiger partial charge in [0.05, 0.1) is 17.0 Å². The average Bonchev–Trinajstić information content (AvgIpc) is 3.26. The number of ether oxygens (including phenoxy) is 1. The van der Waals surface area contributed by atoms with Crippen molar-refractivity contribution >= 4 is 21.6 Å². The summed E-state index contributed by atoms with van der Waals surface area (Å²) in [4.78, 5) is 18.9. The van der Waals surface area contributed by atoms with Gasteiger partial charge >= 0.3 is 6.03 Å². The third-order valence-electron chi connectivity index (χ3n) is 4.92. The highest BCUT2D eigenvalue weighted by molar-refractivity contribution is 7.90. The van der Waals surface area contributed by atoms with Gasteiger partial charge in [-0.2, -0.15) is 5.10 Å². The van der Waals surface area contributed by atoms with Gasteiger partial charge in [0.15, 0.2) is 9.84 Å². The molecule has 9 nitrogen and oxygen atoms in total. The molecule has 1 aliphatic rings. The summed E-state index contributed by atoms with van der Waals surface area (Å²) in [6.45, 7) is 4.05. The van der Waals surface area contributed by atoms with Crippen molar-refractivity contribution in [3.8, 4) is 0 Å². The van der Waals surface area contributed by atoms with Crippen LogP contribution in [0, 0.1) is 13.8 Å². The molecule has 2 N–H and O–H groups in total. The Morgan fingerprint density at radius 3 is 2.70 bits per heavy atom. The average molecular weight is 393 g/mol. The summed E-state index contributed by atoms with van der Waals surface area (Å²) >= 11 is 0. The lowest BCUT2D eigenvalue weighted by Crippen LogP contribution is -2.36. The highest BCUT2D eigenvalue weighted by Gasteiger charge is 2.38. The van der Waals surface area contributed by atoms with E-state index in [1.165, 1.54) is 12.4 Å². The second kappa shape index (κ2) is 7.28. The molecule has 2 atom stereocenters. The molecule has 0 aliphatic carbocycles. The number of aromatic amines is 1. The van der Waals surface area contributed by atoms with Gasteiger partial charge in [-0.3, -0.25) is 5.10 Å². The number of hydrogen-bond acceptors (Lipinski definition) is 6. The summed E-state index contributed by atoms with van der Waals surface area (Å²) in [6.07, 6.45) is 3.03. The fourth-order valence-electron chi connectivity index (χ4n) is 3.18. The van der Waals surface area contributed by atoms with Crippen molar-refractivity contribution in [3.05, 3.63) is 35.4 Å². The Morgan fingerprint density at radius 2 is 2.11 bits per heavy atom. The number of aromatic nitrogens is 3. The molecule has 0 unspecified atom stereocenters. The number of H-pyrrole nitrogens is 1. The molecular weight excluding hydrogens is 370 g/mol. The number of aryl methyl sites for hydroxylation is 1. The number of rotatable bonds is 4. The van der Waals surface area contributed by atoms with E-state index in [1.807, 2.05) is 13.8 Å². The van der Waals surface area contributed by atoms with Crippen molar-refractivity contribution in [3.63, 3.8) is 0 Å². The Kier molecular flexibility index (Phi) is 5.20. The molecule has 2 aromatic rings. The molecular formula is C17H23N5O4S. The van der Waals surface area contributed by atoms with Crippen molar-refractivity contribution in [2.75, 3.05) is 25.2 Å². The first-order valence-corrected chi connectivity index (χ1v) is 10.4. The van der Waals surface area contributed by atoms with E-state index < -0.39 is 9.84 Å². The molecule has 1 saturated heterocycles. The van der Waals surface area contributed by atoms with Crippen LogP contribution in [0.5, 0.6) is 0 Å². The minimum atomic E-state index is -3.39. The molecule has 3 rings (SSSR count). The third-order valence-corrected chi connectivity index (χ3v) is 6.01. The maximum atomic E-state index is 13.0. The summed E-state index contributed by atoms with van der Waals surface area (Å²) in [5, 5.41) is 9.51. The summed E-state index contributed by atoms with van der Waals surface area (Å²) in [5.41, 5.74) is 2.07. The summed E-state index contributed by atoms with van der Waals surface area (Å²) in [7, 11) is -1.78. The van der Waals surface area contributed by atoms with Gasteiger partial charge in [-0.1, -0.05) is 0 Å². The molecule has 0 spiro atoms. The van der Waals surface area contributed by atoms with Crippen LogP contribution in [0.25, 0.3) is 0 Å². The SMILES string of the molecule is CO[C@@H]1C[C@@H](c2ncn[nH]2)N(C(=O)Nc2cc(S(C)(=O)=O)cc(C)c2C)C1. The van der Waals surface area contributed by atoms with Crippen molar-refractivity contribution in [1.82, 2.24) is 20.1 Å². The Labute approximate surface area is 158 Å². The number of hydrogen-bond donors (Lipinski definition) is 2. The van der Waals surface area contributed by atoms with Gasteiger partial charge in [-0.05, 0) is 37.1 Å². The second-order valence-corrected chi connectivity index (χ2v) is 8.76. The number of urea groups is 1. The van der Waals surface area contributed by atoms with E-state index in [-0.39, 0.29) is 23.1 Å². The number of methoxy groups -OCH3 is 1. The van der Waals surface area contributed by atoms with Crippen LogP contribution >= 0.6 is 0 Å². The topological polar surface area (TPSA) is 117 Å². The highest BCUT2D eigenvalue weighted by Crippen LogP contribution is 2.32. The van der Waals surface area contributed by atoms with E-state index in [0.29, 0.717) is 24.5 Å². The molecule has 1 aliphatic heterocycles. The number of nitrogens with one attached hydrogen (secondary N) is 2. The number of carbonyl (C=O) groups excluding carboxylic acids is 1. The van der Waals surface area contributed by atoms with Gasteiger partial charge in [0.1, 0.15) is 12.2 Å². The number of sulfone groups is 1. The Balaban J connectivity index is 1.89. The molecule has 1 aromatic carbocycles. The molecule has 1 fully saturated rings. The monoisotopic (exact) mass is 393 g/mol. The molecule has 0 bridgehead atoms. The zero-order valence-electron chi connectivity index (χ0n) is 15.7. The predicted octanol–water partition coefficient (Wildman–Crippen LogP) is 1.82. The lowest BCUT2D eigenvalue weighted by atomic mass is 10.1. The van der Waals surface area contributed by atoms with Crippen LogP contribution in [0.4, 0.5) is 10.5 Å². The zero-order valence-corrected chi connectivity index (χ0v) is 16.5. The first-order chi connectivity index (χ1) is 12.7. The number of amides is 2. The van der Waals surface area contributed by atoms with Crippen LogP contribution < -0.4 is 5.32 Å². The van der Waals surface area contributed by atoms with Gasteiger partial charge in [-0.15, -0.1) is 0 Å². The molecule has 0 saturated carbocycles. The van der Waals surface area contributed by atoms with Crippen LogP contribution in [0.3, 0.4) is 0 Å². The number of nitrogens with zero attached hydrogens (tertiary/aromatic N) is 3. The zero-order chi connectivity index (χ0) is 19.8. The molecule has 2 amide bonds. The van der Waals surface area contributed by atoms with Crippen LogP contribution in [0.1, 0.15) is 29.4 Å². The summed E-state index contributed by atoms with van der Waals surface area (Å²) in [5.74, 6) is 0.586. The predicted molar refractivity (Wildman–Crippen MR) is 99.3 cm³/mol. The Bertz CT molecular complexity index is 942. The number of carbonyl (C=O) groups is 1. The van der Waals surface area contributed by atoms with Gasteiger partial charge < -0.3 is 15.0 Å². The molecule has 27 heavy (non-hydrogen) atoms. The van der Waals surface area contributed by atoms with E-state index in [4.69, 9.17) is 4.74 Å². The molecule has 2 heterocycles. The quantitative estimate of drug-likeness (QED) is 0.818. The highest BCUT2D eigenvalue weighted by atomic mass is 32.2. The van der Waals surface area contributed by atoms with Crippen LogP contribution in [-0.2, 0) is 14.6 Å². The first kappa shape index (κ1) is 19.3. The molecule has 0 radical (unpaired) electrons. The Hall–Kier alpha value is -2.46. The number of benzene rings is 1. The van der Waals surface area contributed by atoms with Crippen molar-refractivity contribution in [1.29, 1.82) is 0 Å². The normalized spacial score (nSPS) is 20.1. The van der Waals surface area contributed by atoms with Crippen molar-refractivity contribution in [2.45, 2.75) is 37.3 Å². The summed E-state index contributed by atoms with van der Waals surface area (Å²) < 4.78 is 29.3. The number of anilines is 1. The van der Waals surface area contributed by atoms with E-state index >= 15 is 0 Å². The van der Waals surface area contributed by atoms with Crippen LogP contribution in [0.2, 0.25) is 0 Å². The smallest absolute Gasteiger partial charge is 0.322 e. The minimum Gasteiger partial charge on any atom is -0.380 e. The first-order valence-electron chi connectivity index (χ1n) is 8.47. The lowest BCUT2D eigenvalue weighted by molar-refractivity contribution is 0.111. The van der Waals surface area contributed by atoms with E-state index in [2.05, 4.69) is 20.5 Å². The molecule has 1 aromatic heterocycles.